The number of thiophene rings is 1. The second kappa shape index (κ2) is 5.27. The molecule has 0 bridgehead atoms. The van der Waals surface area contributed by atoms with Gasteiger partial charge in [-0.1, -0.05) is 0 Å². The highest BCUT2D eigenvalue weighted by Crippen LogP contribution is 2.16. The van der Waals surface area contributed by atoms with Crippen LogP contribution in [0.1, 0.15) is 25.5 Å². The van der Waals surface area contributed by atoms with Crippen molar-refractivity contribution >= 4 is 11.3 Å². The Bertz CT molecular complexity index is 394. The molecule has 2 unspecified atom stereocenters. The first kappa shape index (κ1) is 11.4. The summed E-state index contributed by atoms with van der Waals surface area (Å²) in [7, 11) is 0. The van der Waals surface area contributed by atoms with Gasteiger partial charge < -0.3 is 9.88 Å². The fourth-order valence-corrected chi connectivity index (χ4v) is 2.56. The van der Waals surface area contributed by atoms with Crippen LogP contribution in [0.2, 0.25) is 0 Å². The average Bonchev–Trinajstić information content (AvgIpc) is 2.88. The summed E-state index contributed by atoms with van der Waals surface area (Å²) in [5.74, 6) is 0. The minimum absolute atomic E-state index is 0.407. The van der Waals surface area contributed by atoms with Gasteiger partial charge >= 0.3 is 0 Å². The maximum Gasteiger partial charge on any atom is 0.0946 e. The van der Waals surface area contributed by atoms with E-state index in [1.165, 1.54) is 5.56 Å². The predicted octanol–water partition coefficient (Wildman–Crippen LogP) is 2.68. The van der Waals surface area contributed by atoms with Crippen LogP contribution in [0.3, 0.4) is 0 Å². The lowest BCUT2D eigenvalue weighted by Gasteiger charge is -2.19. The van der Waals surface area contributed by atoms with Gasteiger partial charge in [0, 0.05) is 31.0 Å². The maximum absolute atomic E-state index is 4.04. The van der Waals surface area contributed by atoms with E-state index in [4.69, 9.17) is 0 Å². The first-order chi connectivity index (χ1) is 7.75. The summed E-state index contributed by atoms with van der Waals surface area (Å²) in [6, 6.07) is 3.01. The van der Waals surface area contributed by atoms with Crippen LogP contribution in [0.4, 0.5) is 0 Å². The standard InChI is InChI=1S/C12H17N3S/c1-10(7-15-5-4-13-9-15)14-11(2)12-3-6-16-8-12/h3-6,8-11,14H,7H2,1-2H3. The summed E-state index contributed by atoms with van der Waals surface area (Å²) < 4.78 is 2.10. The Hall–Kier alpha value is -1.13. The van der Waals surface area contributed by atoms with Crippen LogP contribution in [0, 0.1) is 0 Å². The third kappa shape index (κ3) is 2.93. The molecule has 1 N–H and O–H groups in total. The van der Waals surface area contributed by atoms with Crippen LogP contribution >= 0.6 is 11.3 Å². The van der Waals surface area contributed by atoms with Crippen molar-refractivity contribution in [2.24, 2.45) is 0 Å². The Morgan fingerprint density at radius 3 is 3.00 bits per heavy atom. The van der Waals surface area contributed by atoms with E-state index >= 15 is 0 Å². The molecule has 0 amide bonds. The van der Waals surface area contributed by atoms with Gasteiger partial charge in [-0.15, -0.1) is 0 Å². The number of hydrogen-bond acceptors (Lipinski definition) is 3. The van der Waals surface area contributed by atoms with Crippen LogP contribution < -0.4 is 5.32 Å². The van der Waals surface area contributed by atoms with E-state index in [-0.39, 0.29) is 0 Å². The van der Waals surface area contributed by atoms with E-state index in [1.54, 1.807) is 11.3 Å². The Labute approximate surface area is 100 Å². The lowest BCUT2D eigenvalue weighted by molar-refractivity contribution is 0.431. The van der Waals surface area contributed by atoms with Gasteiger partial charge in [-0.3, -0.25) is 0 Å². The largest absolute Gasteiger partial charge is 0.336 e. The SMILES string of the molecule is CC(Cn1ccnc1)NC(C)c1ccsc1. The van der Waals surface area contributed by atoms with E-state index in [1.807, 2.05) is 18.7 Å². The maximum atomic E-state index is 4.04. The second-order valence-corrected chi connectivity index (χ2v) is 4.89. The number of imidazole rings is 1. The molecule has 2 rings (SSSR count). The van der Waals surface area contributed by atoms with E-state index in [0.717, 1.165) is 6.54 Å². The highest BCUT2D eigenvalue weighted by Gasteiger charge is 2.09. The summed E-state index contributed by atoms with van der Waals surface area (Å²) in [4.78, 5) is 4.04. The molecule has 3 nitrogen and oxygen atoms in total. The molecule has 0 radical (unpaired) electrons. The number of nitrogens with one attached hydrogen (secondary N) is 1. The van der Waals surface area contributed by atoms with Crippen molar-refractivity contribution in [2.45, 2.75) is 32.5 Å². The van der Waals surface area contributed by atoms with E-state index < -0.39 is 0 Å². The smallest absolute Gasteiger partial charge is 0.0946 e. The van der Waals surface area contributed by atoms with Crippen LogP contribution in [0.5, 0.6) is 0 Å². The molecule has 0 aromatic carbocycles. The predicted molar refractivity (Wildman–Crippen MR) is 67.6 cm³/mol. The molecular weight excluding hydrogens is 218 g/mol. The lowest BCUT2D eigenvalue weighted by Crippen LogP contribution is -2.32. The van der Waals surface area contributed by atoms with E-state index in [9.17, 15) is 0 Å². The van der Waals surface area contributed by atoms with Gasteiger partial charge in [0.05, 0.1) is 6.33 Å². The molecule has 2 aromatic rings. The minimum atomic E-state index is 0.407. The molecule has 4 heteroatoms. The van der Waals surface area contributed by atoms with Crippen molar-refractivity contribution < 1.29 is 0 Å². The third-order valence-electron chi connectivity index (χ3n) is 2.62. The molecule has 16 heavy (non-hydrogen) atoms. The molecule has 0 saturated carbocycles. The monoisotopic (exact) mass is 235 g/mol. The third-order valence-corrected chi connectivity index (χ3v) is 3.32. The van der Waals surface area contributed by atoms with Crippen molar-refractivity contribution in [3.8, 4) is 0 Å². The van der Waals surface area contributed by atoms with Crippen molar-refractivity contribution in [1.29, 1.82) is 0 Å². The summed E-state index contributed by atoms with van der Waals surface area (Å²) in [5.41, 5.74) is 1.36. The zero-order valence-electron chi connectivity index (χ0n) is 9.63. The highest BCUT2D eigenvalue weighted by molar-refractivity contribution is 7.07. The van der Waals surface area contributed by atoms with Gasteiger partial charge in [0.15, 0.2) is 0 Å². The fourth-order valence-electron chi connectivity index (χ4n) is 1.81. The van der Waals surface area contributed by atoms with Crippen molar-refractivity contribution in [2.75, 3.05) is 0 Å². The molecular formula is C12H17N3S. The Morgan fingerprint density at radius 1 is 1.50 bits per heavy atom. The zero-order valence-corrected chi connectivity index (χ0v) is 10.4. The number of nitrogens with zero attached hydrogens (tertiary/aromatic N) is 2. The fraction of sp³-hybridized carbons (Fsp3) is 0.417. The Kier molecular flexibility index (Phi) is 3.74. The van der Waals surface area contributed by atoms with Gasteiger partial charge in [0.1, 0.15) is 0 Å². The summed E-state index contributed by atoms with van der Waals surface area (Å²) in [6.07, 6.45) is 5.66. The molecule has 2 aromatic heterocycles. The number of aromatic nitrogens is 2. The molecule has 0 fully saturated rings. The lowest BCUT2D eigenvalue weighted by atomic mass is 10.1. The van der Waals surface area contributed by atoms with Crippen LogP contribution in [0.15, 0.2) is 35.5 Å². The highest BCUT2D eigenvalue weighted by atomic mass is 32.1. The summed E-state index contributed by atoms with van der Waals surface area (Å²) in [5, 5.41) is 7.89. The van der Waals surface area contributed by atoms with E-state index in [0.29, 0.717) is 12.1 Å². The van der Waals surface area contributed by atoms with Gasteiger partial charge in [0.25, 0.3) is 0 Å². The molecule has 0 spiro atoms. The van der Waals surface area contributed by atoms with Crippen molar-refractivity contribution in [3.05, 3.63) is 41.1 Å². The van der Waals surface area contributed by atoms with Gasteiger partial charge in [0.2, 0.25) is 0 Å². The zero-order chi connectivity index (χ0) is 11.4. The average molecular weight is 235 g/mol. The van der Waals surface area contributed by atoms with Gasteiger partial charge in [-0.2, -0.15) is 11.3 Å². The Morgan fingerprint density at radius 2 is 2.38 bits per heavy atom. The van der Waals surface area contributed by atoms with Crippen molar-refractivity contribution in [3.63, 3.8) is 0 Å². The van der Waals surface area contributed by atoms with Crippen LogP contribution in [0.25, 0.3) is 0 Å². The first-order valence-corrected chi connectivity index (χ1v) is 6.44. The molecule has 0 aliphatic rings. The number of hydrogen-bond donors (Lipinski definition) is 1. The molecule has 0 aliphatic heterocycles. The normalized spacial score (nSPS) is 14.9. The van der Waals surface area contributed by atoms with Gasteiger partial charge in [-0.25, -0.2) is 4.98 Å². The molecule has 2 atom stereocenters. The Balaban J connectivity index is 1.85. The minimum Gasteiger partial charge on any atom is -0.336 e. The first-order valence-electron chi connectivity index (χ1n) is 5.49. The second-order valence-electron chi connectivity index (χ2n) is 4.11. The molecule has 86 valence electrons. The molecule has 0 aliphatic carbocycles. The molecule has 0 saturated heterocycles. The number of rotatable bonds is 5. The van der Waals surface area contributed by atoms with Gasteiger partial charge in [-0.05, 0) is 36.2 Å². The molecule has 2 heterocycles. The van der Waals surface area contributed by atoms with Crippen LogP contribution in [-0.4, -0.2) is 15.6 Å². The summed E-state index contributed by atoms with van der Waals surface area (Å²) >= 11 is 1.75. The van der Waals surface area contributed by atoms with E-state index in [2.05, 4.69) is 45.5 Å². The van der Waals surface area contributed by atoms with Crippen LogP contribution in [-0.2, 0) is 6.54 Å². The quantitative estimate of drug-likeness (QED) is 0.863. The summed E-state index contributed by atoms with van der Waals surface area (Å²) in [6.45, 7) is 5.35. The topological polar surface area (TPSA) is 29.9 Å². The van der Waals surface area contributed by atoms with Crippen molar-refractivity contribution in [1.82, 2.24) is 14.9 Å².